The maximum Gasteiger partial charge on any atom is 0.408 e. The molecule has 2 amide bonds. The Bertz CT molecular complexity index is 321. The Labute approximate surface area is 109 Å². The zero-order chi connectivity index (χ0) is 15.2. The third-order valence-electron chi connectivity index (χ3n) is 2.85. The van der Waals surface area contributed by atoms with Crippen LogP contribution in [0.15, 0.2) is 0 Å². The lowest BCUT2D eigenvalue weighted by molar-refractivity contribution is -0.164. The molecular weight excluding hydrogens is 265 g/mol. The predicted octanol–water partition coefficient (Wildman–Crippen LogP) is 2.08. The lowest BCUT2D eigenvalue weighted by Crippen LogP contribution is -2.53. The van der Waals surface area contributed by atoms with E-state index >= 15 is 0 Å². The van der Waals surface area contributed by atoms with Gasteiger partial charge < -0.3 is 15.3 Å². The second-order valence-corrected chi connectivity index (χ2v) is 4.42. The van der Waals surface area contributed by atoms with Crippen molar-refractivity contribution < 1.29 is 27.9 Å². The van der Waals surface area contributed by atoms with E-state index in [4.69, 9.17) is 5.11 Å². The number of hydrogen-bond donors (Lipinski definition) is 2. The number of alkyl halides is 3. The molecule has 0 spiro atoms. The molecule has 0 heterocycles. The van der Waals surface area contributed by atoms with E-state index in [0.717, 1.165) is 4.90 Å². The van der Waals surface area contributed by atoms with Gasteiger partial charge in [0.1, 0.15) is 6.04 Å². The number of aliphatic carboxylic acids is 1. The first-order valence-corrected chi connectivity index (χ1v) is 5.89. The minimum Gasteiger partial charge on any atom is -0.481 e. The van der Waals surface area contributed by atoms with Gasteiger partial charge in [-0.05, 0) is 5.92 Å². The topological polar surface area (TPSA) is 69.6 Å². The van der Waals surface area contributed by atoms with Crippen LogP contribution in [0.3, 0.4) is 0 Å². The molecule has 0 aliphatic carbocycles. The fourth-order valence-corrected chi connectivity index (χ4v) is 1.39. The summed E-state index contributed by atoms with van der Waals surface area (Å²) in [5.41, 5.74) is 0. The van der Waals surface area contributed by atoms with E-state index < -0.39 is 30.1 Å². The molecule has 5 nitrogen and oxygen atoms in total. The zero-order valence-corrected chi connectivity index (χ0v) is 11.1. The summed E-state index contributed by atoms with van der Waals surface area (Å²) >= 11 is 0. The summed E-state index contributed by atoms with van der Waals surface area (Å²) in [5.74, 6) is -1.87. The van der Waals surface area contributed by atoms with E-state index in [1.54, 1.807) is 6.92 Å². The highest BCUT2D eigenvalue weighted by molar-refractivity contribution is 5.75. The molecule has 112 valence electrons. The lowest BCUT2D eigenvalue weighted by Gasteiger charge is -2.28. The summed E-state index contributed by atoms with van der Waals surface area (Å²) < 4.78 is 38.3. The van der Waals surface area contributed by atoms with Crippen molar-refractivity contribution in [1.82, 2.24) is 10.2 Å². The second-order valence-electron chi connectivity index (χ2n) is 4.42. The Balaban J connectivity index is 4.59. The largest absolute Gasteiger partial charge is 0.481 e. The number of rotatable bonds is 6. The Morgan fingerprint density at radius 3 is 2.26 bits per heavy atom. The Kier molecular flexibility index (Phi) is 6.64. The summed E-state index contributed by atoms with van der Waals surface area (Å²) in [6.45, 7) is 2.85. The maximum absolute atomic E-state index is 12.8. The van der Waals surface area contributed by atoms with Crippen molar-refractivity contribution in [3.8, 4) is 0 Å². The van der Waals surface area contributed by atoms with E-state index in [9.17, 15) is 22.8 Å². The van der Waals surface area contributed by atoms with Crippen LogP contribution in [0.5, 0.6) is 0 Å². The smallest absolute Gasteiger partial charge is 0.408 e. The number of urea groups is 1. The summed E-state index contributed by atoms with van der Waals surface area (Å²) in [6.07, 6.45) is -4.58. The second kappa shape index (κ2) is 7.20. The highest BCUT2D eigenvalue weighted by atomic mass is 19.4. The molecule has 0 rings (SSSR count). The fraction of sp³-hybridized carbons (Fsp3) is 0.818. The number of nitrogens with zero attached hydrogens (tertiary/aromatic N) is 1. The molecule has 0 aromatic carbocycles. The van der Waals surface area contributed by atoms with Gasteiger partial charge in [-0.2, -0.15) is 13.2 Å². The number of carboxylic acids is 1. The van der Waals surface area contributed by atoms with Crippen LogP contribution in [0.1, 0.15) is 26.7 Å². The van der Waals surface area contributed by atoms with Gasteiger partial charge in [-0.3, -0.25) is 4.79 Å². The molecule has 0 aliphatic rings. The summed E-state index contributed by atoms with van der Waals surface area (Å²) in [5, 5.41) is 10.3. The number of hydrogen-bond acceptors (Lipinski definition) is 2. The van der Waals surface area contributed by atoms with Crippen molar-refractivity contribution in [2.24, 2.45) is 5.92 Å². The minimum atomic E-state index is -4.53. The normalized spacial score (nSPS) is 14.6. The third kappa shape index (κ3) is 6.30. The number of carbonyl (C=O) groups excluding carboxylic acids is 1. The molecule has 0 aromatic heterocycles. The molecule has 0 aliphatic heterocycles. The average molecular weight is 284 g/mol. The van der Waals surface area contributed by atoms with Gasteiger partial charge in [-0.1, -0.05) is 20.3 Å². The molecule has 2 atom stereocenters. The Morgan fingerprint density at radius 1 is 1.37 bits per heavy atom. The SMILES string of the molecule is CCC(C)C(NC(=O)N(C)CCC(=O)O)C(F)(F)F. The van der Waals surface area contributed by atoms with Crippen molar-refractivity contribution in [3.63, 3.8) is 0 Å². The molecule has 0 bridgehead atoms. The molecule has 19 heavy (non-hydrogen) atoms. The van der Waals surface area contributed by atoms with Crippen LogP contribution in [0.4, 0.5) is 18.0 Å². The quantitative estimate of drug-likeness (QED) is 0.784. The van der Waals surface area contributed by atoms with Crippen LogP contribution in [0.25, 0.3) is 0 Å². The highest BCUT2D eigenvalue weighted by Gasteiger charge is 2.43. The van der Waals surface area contributed by atoms with E-state index in [-0.39, 0.29) is 19.4 Å². The molecule has 0 saturated carbocycles. The van der Waals surface area contributed by atoms with Gasteiger partial charge in [0.15, 0.2) is 0 Å². The van der Waals surface area contributed by atoms with Gasteiger partial charge in [-0.25, -0.2) is 4.79 Å². The van der Waals surface area contributed by atoms with E-state index in [2.05, 4.69) is 0 Å². The van der Waals surface area contributed by atoms with E-state index in [1.165, 1.54) is 14.0 Å². The summed E-state index contributed by atoms with van der Waals surface area (Å²) in [6, 6.07) is -2.86. The molecular formula is C11H19F3N2O3. The van der Waals surface area contributed by atoms with Crippen molar-refractivity contribution in [3.05, 3.63) is 0 Å². The van der Waals surface area contributed by atoms with Crippen molar-refractivity contribution in [2.75, 3.05) is 13.6 Å². The highest BCUT2D eigenvalue weighted by Crippen LogP contribution is 2.27. The van der Waals surface area contributed by atoms with Crippen LogP contribution in [-0.2, 0) is 4.79 Å². The zero-order valence-electron chi connectivity index (χ0n) is 11.1. The number of halogens is 3. The van der Waals surface area contributed by atoms with Gasteiger partial charge in [-0.15, -0.1) is 0 Å². The summed E-state index contributed by atoms with van der Waals surface area (Å²) in [4.78, 5) is 22.8. The number of carboxylic acid groups (broad SMARTS) is 1. The lowest BCUT2D eigenvalue weighted by atomic mass is 9.99. The van der Waals surface area contributed by atoms with Gasteiger partial charge in [0.2, 0.25) is 0 Å². The minimum absolute atomic E-state index is 0.147. The van der Waals surface area contributed by atoms with E-state index in [1.807, 2.05) is 5.32 Å². The molecule has 2 N–H and O–H groups in total. The Hall–Kier alpha value is -1.47. The number of carbonyl (C=O) groups is 2. The molecule has 0 fully saturated rings. The Morgan fingerprint density at radius 2 is 1.89 bits per heavy atom. The van der Waals surface area contributed by atoms with Gasteiger partial charge in [0, 0.05) is 13.6 Å². The van der Waals surface area contributed by atoms with Crippen LogP contribution in [0.2, 0.25) is 0 Å². The summed E-state index contributed by atoms with van der Waals surface area (Å²) in [7, 11) is 1.25. The van der Waals surface area contributed by atoms with Crippen LogP contribution in [0, 0.1) is 5.92 Å². The average Bonchev–Trinajstić information content (AvgIpc) is 2.29. The molecule has 8 heteroatoms. The van der Waals surface area contributed by atoms with Gasteiger partial charge in [0.05, 0.1) is 6.42 Å². The van der Waals surface area contributed by atoms with Crippen LogP contribution >= 0.6 is 0 Å². The van der Waals surface area contributed by atoms with Crippen molar-refractivity contribution in [2.45, 2.75) is 38.9 Å². The van der Waals surface area contributed by atoms with Gasteiger partial charge >= 0.3 is 18.2 Å². The monoisotopic (exact) mass is 284 g/mol. The molecule has 2 unspecified atom stereocenters. The maximum atomic E-state index is 12.8. The molecule has 0 aromatic rings. The number of amides is 2. The standard InChI is InChI=1S/C11H19F3N2O3/c1-4-7(2)9(11(12,13)14)15-10(19)16(3)6-5-8(17)18/h7,9H,4-6H2,1-3H3,(H,15,19)(H,17,18). The first-order valence-electron chi connectivity index (χ1n) is 5.89. The molecule has 0 radical (unpaired) electrons. The van der Waals surface area contributed by atoms with Crippen LogP contribution < -0.4 is 5.32 Å². The van der Waals surface area contributed by atoms with E-state index in [0.29, 0.717) is 0 Å². The number of nitrogens with one attached hydrogen (secondary N) is 1. The van der Waals surface area contributed by atoms with Crippen molar-refractivity contribution in [1.29, 1.82) is 0 Å². The third-order valence-corrected chi connectivity index (χ3v) is 2.85. The fourth-order valence-electron chi connectivity index (χ4n) is 1.39. The first kappa shape index (κ1) is 17.5. The van der Waals surface area contributed by atoms with Gasteiger partial charge in [0.25, 0.3) is 0 Å². The molecule has 0 saturated heterocycles. The van der Waals surface area contributed by atoms with Crippen molar-refractivity contribution >= 4 is 12.0 Å². The first-order chi connectivity index (χ1) is 8.59. The van der Waals surface area contributed by atoms with Crippen LogP contribution in [-0.4, -0.2) is 47.8 Å². The predicted molar refractivity (Wildman–Crippen MR) is 62.7 cm³/mol.